The molecule has 186 valence electrons. The fourth-order valence-corrected chi connectivity index (χ4v) is 4.85. The van der Waals surface area contributed by atoms with E-state index in [0.29, 0.717) is 41.9 Å². The van der Waals surface area contributed by atoms with Crippen LogP contribution in [0.4, 0.5) is 4.79 Å². The van der Waals surface area contributed by atoms with E-state index in [4.69, 9.17) is 26.0 Å². The van der Waals surface area contributed by atoms with E-state index in [0.717, 1.165) is 42.7 Å². The number of nitrogens with zero attached hydrogens (tertiary/aromatic N) is 3. The van der Waals surface area contributed by atoms with Crippen LogP contribution in [0, 0.1) is 5.92 Å². The van der Waals surface area contributed by atoms with Gasteiger partial charge in [-0.3, -0.25) is 4.90 Å². The highest BCUT2D eigenvalue weighted by atomic mass is 35.5. The Morgan fingerprint density at radius 2 is 1.86 bits per heavy atom. The molecule has 0 saturated carbocycles. The lowest BCUT2D eigenvalue weighted by Crippen LogP contribution is -2.46. The maximum absolute atomic E-state index is 11.0. The SMILES string of the molecule is CCC1(OC(=O)O)CCN(Cc2ccc(-c3noc(-c4ccc(CC(C)C)c(Cl)c4)n3)cc2)CC1. The zero-order valence-electron chi connectivity index (χ0n) is 20.5. The van der Waals surface area contributed by atoms with E-state index in [1.165, 1.54) is 5.56 Å². The zero-order chi connectivity index (χ0) is 25.0. The molecule has 0 aliphatic carbocycles. The van der Waals surface area contributed by atoms with Crippen molar-refractivity contribution in [3.05, 3.63) is 58.6 Å². The lowest BCUT2D eigenvalue weighted by Gasteiger charge is -2.40. The largest absolute Gasteiger partial charge is 0.506 e. The van der Waals surface area contributed by atoms with Gasteiger partial charge in [0.2, 0.25) is 5.82 Å². The minimum atomic E-state index is -1.19. The van der Waals surface area contributed by atoms with Crippen LogP contribution in [0.15, 0.2) is 47.0 Å². The first-order chi connectivity index (χ1) is 16.8. The van der Waals surface area contributed by atoms with Gasteiger partial charge in [0.25, 0.3) is 5.89 Å². The van der Waals surface area contributed by atoms with Crippen LogP contribution in [0.3, 0.4) is 0 Å². The van der Waals surface area contributed by atoms with E-state index in [1.807, 2.05) is 37.3 Å². The molecule has 0 radical (unpaired) electrons. The highest BCUT2D eigenvalue weighted by molar-refractivity contribution is 6.31. The van der Waals surface area contributed by atoms with Gasteiger partial charge >= 0.3 is 6.16 Å². The van der Waals surface area contributed by atoms with Gasteiger partial charge in [-0.2, -0.15) is 4.98 Å². The van der Waals surface area contributed by atoms with Gasteiger partial charge in [0.1, 0.15) is 5.60 Å². The summed E-state index contributed by atoms with van der Waals surface area (Å²) in [6.07, 6.45) is 1.85. The summed E-state index contributed by atoms with van der Waals surface area (Å²) in [4.78, 5) is 17.9. The highest BCUT2D eigenvalue weighted by Gasteiger charge is 2.36. The molecule has 1 fully saturated rings. The van der Waals surface area contributed by atoms with E-state index >= 15 is 0 Å². The number of ether oxygens (including phenoxy) is 1. The van der Waals surface area contributed by atoms with Crippen molar-refractivity contribution in [3.8, 4) is 22.8 Å². The van der Waals surface area contributed by atoms with Crippen LogP contribution in [0.1, 0.15) is 51.2 Å². The summed E-state index contributed by atoms with van der Waals surface area (Å²) in [6, 6.07) is 14.0. The van der Waals surface area contributed by atoms with Gasteiger partial charge in [0, 0.05) is 48.6 Å². The van der Waals surface area contributed by atoms with Crippen molar-refractivity contribution in [2.45, 2.75) is 58.6 Å². The second-order valence-electron chi connectivity index (χ2n) is 9.70. The van der Waals surface area contributed by atoms with Crippen LogP contribution in [0.2, 0.25) is 5.02 Å². The van der Waals surface area contributed by atoms with Crippen LogP contribution in [0.25, 0.3) is 22.8 Å². The van der Waals surface area contributed by atoms with E-state index < -0.39 is 11.8 Å². The van der Waals surface area contributed by atoms with E-state index in [2.05, 4.69) is 41.0 Å². The average molecular weight is 498 g/mol. The number of aromatic nitrogens is 2. The minimum Gasteiger partial charge on any atom is -0.450 e. The van der Waals surface area contributed by atoms with Crippen molar-refractivity contribution in [2.75, 3.05) is 13.1 Å². The van der Waals surface area contributed by atoms with E-state index in [-0.39, 0.29) is 0 Å². The van der Waals surface area contributed by atoms with E-state index in [9.17, 15) is 4.79 Å². The van der Waals surface area contributed by atoms with Gasteiger partial charge in [0.15, 0.2) is 0 Å². The van der Waals surface area contributed by atoms with Gasteiger partial charge < -0.3 is 14.4 Å². The molecule has 1 N–H and O–H groups in total. The van der Waals surface area contributed by atoms with Crippen molar-refractivity contribution < 1.29 is 19.2 Å². The summed E-state index contributed by atoms with van der Waals surface area (Å²) in [7, 11) is 0. The lowest BCUT2D eigenvalue weighted by atomic mass is 9.88. The monoisotopic (exact) mass is 497 g/mol. The number of piperidine rings is 1. The Bertz CT molecular complexity index is 1150. The van der Waals surface area contributed by atoms with Crippen LogP contribution in [0.5, 0.6) is 0 Å². The summed E-state index contributed by atoms with van der Waals surface area (Å²) in [5.41, 5.74) is 3.42. The number of benzene rings is 2. The number of hydrogen-bond donors (Lipinski definition) is 1. The van der Waals surface area contributed by atoms with Gasteiger partial charge in [-0.25, -0.2) is 4.79 Å². The third kappa shape index (κ3) is 6.21. The Labute approximate surface area is 211 Å². The average Bonchev–Trinajstić information content (AvgIpc) is 3.32. The van der Waals surface area contributed by atoms with Crippen molar-refractivity contribution in [2.24, 2.45) is 5.92 Å². The number of carbonyl (C=O) groups is 1. The van der Waals surface area contributed by atoms with Gasteiger partial charge in [0.05, 0.1) is 0 Å². The fraction of sp³-hybridized carbons (Fsp3) is 0.444. The number of halogens is 1. The molecule has 1 aliphatic heterocycles. The fourth-order valence-electron chi connectivity index (χ4n) is 4.59. The molecule has 0 amide bonds. The Morgan fingerprint density at radius 3 is 2.46 bits per heavy atom. The van der Waals surface area contributed by atoms with E-state index in [1.54, 1.807) is 0 Å². The van der Waals surface area contributed by atoms with Crippen molar-refractivity contribution in [1.82, 2.24) is 15.0 Å². The standard InChI is InChI=1S/C27H32ClN3O4/c1-4-27(34-26(32)33)11-13-31(14-12-27)17-19-5-7-20(8-6-19)24-29-25(35-30-24)22-10-9-21(15-18(2)3)23(28)16-22/h5-10,16,18H,4,11-15,17H2,1-3H3,(H,32,33). The van der Waals surface area contributed by atoms with Gasteiger partial charge in [-0.15, -0.1) is 0 Å². The number of carboxylic acid groups (broad SMARTS) is 1. The van der Waals surface area contributed by atoms with Gasteiger partial charge in [-0.05, 0) is 42.0 Å². The second-order valence-corrected chi connectivity index (χ2v) is 10.1. The predicted molar refractivity (Wildman–Crippen MR) is 135 cm³/mol. The maximum Gasteiger partial charge on any atom is 0.506 e. The summed E-state index contributed by atoms with van der Waals surface area (Å²) < 4.78 is 10.7. The molecule has 0 unspecified atom stereocenters. The van der Waals surface area contributed by atoms with Crippen molar-refractivity contribution in [1.29, 1.82) is 0 Å². The third-order valence-electron chi connectivity index (χ3n) is 6.69. The van der Waals surface area contributed by atoms with Crippen LogP contribution < -0.4 is 0 Å². The Morgan fingerprint density at radius 1 is 1.17 bits per heavy atom. The molecular weight excluding hydrogens is 466 g/mol. The Hall–Kier alpha value is -2.90. The third-order valence-corrected chi connectivity index (χ3v) is 7.04. The summed E-state index contributed by atoms with van der Waals surface area (Å²) in [6.45, 7) is 8.72. The summed E-state index contributed by atoms with van der Waals surface area (Å²) >= 11 is 6.46. The van der Waals surface area contributed by atoms with Crippen molar-refractivity contribution in [3.63, 3.8) is 0 Å². The highest BCUT2D eigenvalue weighted by Crippen LogP contribution is 2.31. The smallest absolute Gasteiger partial charge is 0.450 e. The minimum absolute atomic E-state index is 0.443. The van der Waals surface area contributed by atoms with Crippen molar-refractivity contribution >= 4 is 17.8 Å². The molecule has 8 heteroatoms. The Balaban J connectivity index is 1.38. The molecule has 4 rings (SSSR count). The quantitative estimate of drug-likeness (QED) is 0.346. The first kappa shape index (κ1) is 25.2. The lowest BCUT2D eigenvalue weighted by molar-refractivity contribution is -0.0595. The molecule has 0 spiro atoms. The molecule has 0 atom stereocenters. The normalized spacial score (nSPS) is 15.9. The molecule has 2 aromatic carbocycles. The Kier molecular flexibility index (Phi) is 7.77. The maximum atomic E-state index is 11.0. The molecule has 1 aliphatic rings. The molecule has 0 bridgehead atoms. The second kappa shape index (κ2) is 10.8. The number of likely N-dealkylation sites (tertiary alicyclic amines) is 1. The molecule has 2 heterocycles. The molecule has 7 nitrogen and oxygen atoms in total. The topological polar surface area (TPSA) is 88.7 Å². The molecule has 3 aromatic rings. The van der Waals surface area contributed by atoms with Crippen LogP contribution in [-0.4, -0.2) is 45.0 Å². The number of hydrogen-bond acceptors (Lipinski definition) is 6. The zero-order valence-corrected chi connectivity index (χ0v) is 21.2. The molecule has 35 heavy (non-hydrogen) atoms. The molecule has 1 aromatic heterocycles. The van der Waals surface area contributed by atoms with Gasteiger partial charge in [-0.1, -0.05) is 67.9 Å². The summed E-state index contributed by atoms with van der Waals surface area (Å²) in [5.74, 6) is 1.51. The first-order valence-electron chi connectivity index (χ1n) is 12.1. The number of rotatable bonds is 8. The predicted octanol–water partition coefficient (Wildman–Crippen LogP) is 6.69. The molecule has 1 saturated heterocycles. The van der Waals surface area contributed by atoms with Crippen LogP contribution in [-0.2, 0) is 17.7 Å². The summed E-state index contributed by atoms with van der Waals surface area (Å²) in [5, 5.41) is 13.9. The van der Waals surface area contributed by atoms with Crippen LogP contribution >= 0.6 is 11.6 Å². The molecular formula is C27H32ClN3O4. The first-order valence-corrected chi connectivity index (χ1v) is 12.5.